The average Bonchev–Trinajstić information content (AvgIpc) is 2.39. The highest BCUT2D eigenvalue weighted by Crippen LogP contribution is 2.32. The van der Waals surface area contributed by atoms with Gasteiger partial charge in [-0.1, -0.05) is 30.3 Å². The number of rotatable bonds is 3. The molecule has 1 N–H and O–H groups in total. The van der Waals surface area contributed by atoms with Gasteiger partial charge in [0.1, 0.15) is 0 Å². The lowest BCUT2D eigenvalue weighted by atomic mass is 9.91. The number of hydrogen-bond donors (Lipinski definition) is 1. The van der Waals surface area contributed by atoms with Crippen LogP contribution >= 0.6 is 0 Å². The predicted octanol–water partition coefficient (Wildman–Crippen LogP) is 2.82. The largest absolute Gasteiger partial charge is 0.317 e. The second-order valence-corrected chi connectivity index (χ2v) is 5.27. The molecule has 2 heteroatoms. The fraction of sp³-hybridized carbons (Fsp3) is 0.600. The van der Waals surface area contributed by atoms with Crippen molar-refractivity contribution in [2.45, 2.75) is 44.8 Å². The Balaban J connectivity index is 2.19. The van der Waals surface area contributed by atoms with Gasteiger partial charge in [-0.25, -0.2) is 0 Å². The summed E-state index contributed by atoms with van der Waals surface area (Å²) in [5.41, 5.74) is 1.46. The molecule has 0 saturated carbocycles. The molecular formula is C15H24N2. The van der Waals surface area contributed by atoms with Crippen LogP contribution in [-0.4, -0.2) is 30.6 Å². The van der Waals surface area contributed by atoms with Crippen LogP contribution in [0.3, 0.4) is 0 Å². The van der Waals surface area contributed by atoms with Gasteiger partial charge < -0.3 is 5.32 Å². The van der Waals surface area contributed by atoms with E-state index in [9.17, 15) is 0 Å². The van der Waals surface area contributed by atoms with Crippen molar-refractivity contribution in [3.05, 3.63) is 35.9 Å². The highest BCUT2D eigenvalue weighted by molar-refractivity contribution is 5.20. The molecule has 1 aliphatic rings. The van der Waals surface area contributed by atoms with Gasteiger partial charge >= 0.3 is 0 Å². The van der Waals surface area contributed by atoms with Gasteiger partial charge in [0, 0.05) is 24.7 Å². The average molecular weight is 232 g/mol. The van der Waals surface area contributed by atoms with Crippen molar-refractivity contribution in [2.24, 2.45) is 0 Å². The number of likely N-dealkylation sites (tertiary alicyclic amines) is 1. The second kappa shape index (κ2) is 5.65. The molecule has 2 nitrogen and oxygen atoms in total. The zero-order valence-corrected chi connectivity index (χ0v) is 11.2. The molecule has 2 rings (SSSR count). The molecule has 0 radical (unpaired) electrons. The number of benzene rings is 1. The highest BCUT2D eigenvalue weighted by Gasteiger charge is 2.29. The summed E-state index contributed by atoms with van der Waals surface area (Å²) in [6, 6.07) is 12.8. The van der Waals surface area contributed by atoms with Crippen molar-refractivity contribution < 1.29 is 0 Å². The van der Waals surface area contributed by atoms with Crippen molar-refractivity contribution in [3.8, 4) is 0 Å². The van der Waals surface area contributed by atoms with Crippen LogP contribution in [0.25, 0.3) is 0 Å². The minimum Gasteiger partial charge on any atom is -0.317 e. The Hall–Kier alpha value is -0.860. The Labute approximate surface area is 105 Å². The van der Waals surface area contributed by atoms with Crippen molar-refractivity contribution in [3.63, 3.8) is 0 Å². The summed E-state index contributed by atoms with van der Waals surface area (Å²) in [6.45, 7) is 5.80. The van der Waals surface area contributed by atoms with E-state index in [-0.39, 0.29) is 0 Å². The SMILES string of the molecule is CN[C@@H]1CCN(C(C)C)[C@H](c2ccccc2)C1. The maximum Gasteiger partial charge on any atom is 0.0365 e. The van der Waals surface area contributed by atoms with Gasteiger partial charge in [0.25, 0.3) is 0 Å². The number of nitrogens with one attached hydrogen (secondary N) is 1. The fourth-order valence-corrected chi connectivity index (χ4v) is 2.87. The third kappa shape index (κ3) is 2.88. The lowest BCUT2D eigenvalue weighted by Gasteiger charge is -2.42. The summed E-state index contributed by atoms with van der Waals surface area (Å²) < 4.78 is 0. The maximum absolute atomic E-state index is 3.44. The van der Waals surface area contributed by atoms with E-state index < -0.39 is 0 Å². The summed E-state index contributed by atoms with van der Waals surface area (Å²) in [4.78, 5) is 2.63. The first-order valence-corrected chi connectivity index (χ1v) is 6.70. The van der Waals surface area contributed by atoms with Crippen molar-refractivity contribution in [1.82, 2.24) is 10.2 Å². The molecule has 0 amide bonds. The molecule has 0 aromatic heterocycles. The van der Waals surface area contributed by atoms with Crippen LogP contribution in [0.2, 0.25) is 0 Å². The molecule has 94 valence electrons. The van der Waals surface area contributed by atoms with Crippen molar-refractivity contribution in [2.75, 3.05) is 13.6 Å². The first kappa shape index (κ1) is 12.6. The smallest absolute Gasteiger partial charge is 0.0365 e. The monoisotopic (exact) mass is 232 g/mol. The van der Waals surface area contributed by atoms with Gasteiger partial charge in [0.2, 0.25) is 0 Å². The third-order valence-corrected chi connectivity index (χ3v) is 3.90. The van der Waals surface area contributed by atoms with E-state index in [0.717, 1.165) is 0 Å². The standard InChI is InChI=1S/C15H24N2/c1-12(2)17-10-9-14(16-3)11-15(17)13-7-5-4-6-8-13/h4-8,12,14-16H,9-11H2,1-3H3/t14-,15+/m1/s1. The van der Waals surface area contributed by atoms with Crippen LogP contribution < -0.4 is 5.32 Å². The van der Waals surface area contributed by atoms with Crippen LogP contribution in [0, 0.1) is 0 Å². The third-order valence-electron chi connectivity index (χ3n) is 3.90. The van der Waals surface area contributed by atoms with E-state index in [1.807, 2.05) is 0 Å². The van der Waals surface area contributed by atoms with Gasteiger partial charge in [0.15, 0.2) is 0 Å². The molecule has 0 spiro atoms. The minimum atomic E-state index is 0.572. The molecule has 1 fully saturated rings. The molecule has 1 aliphatic heterocycles. The van der Waals surface area contributed by atoms with Crippen molar-refractivity contribution in [1.29, 1.82) is 0 Å². The number of hydrogen-bond acceptors (Lipinski definition) is 2. The Bertz CT molecular complexity index is 334. The fourth-order valence-electron chi connectivity index (χ4n) is 2.87. The van der Waals surface area contributed by atoms with Crippen LogP contribution in [-0.2, 0) is 0 Å². The van der Waals surface area contributed by atoms with Gasteiger partial charge in [-0.2, -0.15) is 0 Å². The van der Waals surface area contributed by atoms with Crippen LogP contribution in [0.15, 0.2) is 30.3 Å². The lowest BCUT2D eigenvalue weighted by molar-refractivity contribution is 0.0945. The molecule has 0 aliphatic carbocycles. The van der Waals surface area contributed by atoms with E-state index in [1.54, 1.807) is 0 Å². The van der Waals surface area contributed by atoms with Crippen molar-refractivity contribution >= 4 is 0 Å². The molecule has 2 atom stereocenters. The molecule has 1 saturated heterocycles. The first-order chi connectivity index (χ1) is 8.22. The van der Waals surface area contributed by atoms with Gasteiger partial charge in [-0.15, -0.1) is 0 Å². The Kier molecular flexibility index (Phi) is 4.19. The van der Waals surface area contributed by atoms with Crippen LogP contribution in [0.5, 0.6) is 0 Å². The summed E-state index contributed by atoms with van der Waals surface area (Å²) >= 11 is 0. The van der Waals surface area contributed by atoms with E-state index in [1.165, 1.54) is 24.9 Å². The Morgan fingerprint density at radius 3 is 2.53 bits per heavy atom. The van der Waals surface area contributed by atoms with E-state index in [4.69, 9.17) is 0 Å². The van der Waals surface area contributed by atoms with Crippen LogP contribution in [0.1, 0.15) is 38.3 Å². The zero-order valence-electron chi connectivity index (χ0n) is 11.2. The van der Waals surface area contributed by atoms with Crippen LogP contribution in [0.4, 0.5) is 0 Å². The first-order valence-electron chi connectivity index (χ1n) is 6.70. The predicted molar refractivity (Wildman–Crippen MR) is 73.1 cm³/mol. The van der Waals surface area contributed by atoms with Gasteiger partial charge in [-0.05, 0) is 39.3 Å². The number of piperidine rings is 1. The summed E-state index contributed by atoms with van der Waals surface area (Å²) in [7, 11) is 2.08. The highest BCUT2D eigenvalue weighted by atomic mass is 15.2. The lowest BCUT2D eigenvalue weighted by Crippen LogP contribution is -2.46. The quantitative estimate of drug-likeness (QED) is 0.862. The van der Waals surface area contributed by atoms with Gasteiger partial charge in [-0.3, -0.25) is 4.90 Å². The molecule has 0 unspecified atom stereocenters. The maximum atomic E-state index is 3.44. The summed E-state index contributed by atoms with van der Waals surface area (Å²) in [5.74, 6) is 0. The van der Waals surface area contributed by atoms with Gasteiger partial charge in [0.05, 0.1) is 0 Å². The Morgan fingerprint density at radius 2 is 1.94 bits per heavy atom. The molecule has 1 aromatic carbocycles. The van der Waals surface area contributed by atoms with E-state index >= 15 is 0 Å². The molecule has 0 bridgehead atoms. The van der Waals surface area contributed by atoms with E-state index in [0.29, 0.717) is 18.1 Å². The zero-order chi connectivity index (χ0) is 12.3. The second-order valence-electron chi connectivity index (χ2n) is 5.27. The Morgan fingerprint density at radius 1 is 1.24 bits per heavy atom. The molecular weight excluding hydrogens is 208 g/mol. The topological polar surface area (TPSA) is 15.3 Å². The molecule has 17 heavy (non-hydrogen) atoms. The number of nitrogens with zero attached hydrogens (tertiary/aromatic N) is 1. The molecule has 1 aromatic rings. The van der Waals surface area contributed by atoms with E-state index in [2.05, 4.69) is 61.4 Å². The summed E-state index contributed by atoms with van der Waals surface area (Å²) in [6.07, 6.45) is 2.48. The minimum absolute atomic E-state index is 0.572. The summed E-state index contributed by atoms with van der Waals surface area (Å²) in [5, 5.41) is 3.44. The normalized spacial score (nSPS) is 26.4. The molecule has 1 heterocycles.